The van der Waals surface area contributed by atoms with E-state index in [-0.39, 0.29) is 23.8 Å². The number of amides is 3. The summed E-state index contributed by atoms with van der Waals surface area (Å²) in [6.45, 7) is 3.69. The van der Waals surface area contributed by atoms with Crippen LogP contribution in [-0.2, 0) is 25.6 Å². The van der Waals surface area contributed by atoms with Gasteiger partial charge in [-0.15, -0.1) is 0 Å². The van der Waals surface area contributed by atoms with Gasteiger partial charge < -0.3 is 31.5 Å². The molecule has 1 aliphatic heterocycles. The fraction of sp³-hybridized carbons (Fsp3) is 0.545. The lowest BCUT2D eigenvalue weighted by molar-refractivity contribution is -0.145. The molecule has 0 saturated carbocycles. The third kappa shape index (κ3) is 7.10. The molecule has 0 aromatic heterocycles. The van der Waals surface area contributed by atoms with Crippen LogP contribution in [0.15, 0.2) is 24.3 Å². The maximum Gasteiger partial charge on any atom is 0.326 e. The Balaban J connectivity index is 2.02. The molecular weight excluding hydrogens is 448 g/mol. The van der Waals surface area contributed by atoms with E-state index in [4.69, 9.17) is 5.73 Å². The van der Waals surface area contributed by atoms with Crippen molar-refractivity contribution < 1.29 is 29.4 Å². The Morgan fingerprint density at radius 3 is 2.36 bits per heavy atom. The molecule has 182 valence electrons. The highest BCUT2D eigenvalue weighted by atomic mass is 32.1. The van der Waals surface area contributed by atoms with Crippen LogP contribution in [0.25, 0.3) is 0 Å². The van der Waals surface area contributed by atoms with Gasteiger partial charge in [0.1, 0.15) is 23.9 Å². The number of rotatable bonds is 10. The highest BCUT2D eigenvalue weighted by Crippen LogP contribution is 2.20. The molecule has 4 atom stereocenters. The van der Waals surface area contributed by atoms with Gasteiger partial charge in [-0.05, 0) is 42.9 Å². The minimum Gasteiger partial charge on any atom is -0.508 e. The Labute approximate surface area is 198 Å². The number of carboxylic acid groups (broad SMARTS) is 1. The summed E-state index contributed by atoms with van der Waals surface area (Å²) in [5.74, 6) is -2.90. The molecule has 1 aromatic rings. The van der Waals surface area contributed by atoms with Crippen LogP contribution in [0.5, 0.6) is 5.75 Å². The molecule has 33 heavy (non-hydrogen) atoms. The number of thiol groups is 1. The number of carbonyl (C=O) groups is 4. The van der Waals surface area contributed by atoms with E-state index in [1.165, 1.54) is 17.0 Å². The molecule has 1 saturated heterocycles. The molecule has 1 fully saturated rings. The van der Waals surface area contributed by atoms with Crippen molar-refractivity contribution >= 4 is 36.3 Å². The first-order chi connectivity index (χ1) is 15.5. The monoisotopic (exact) mass is 480 g/mol. The summed E-state index contributed by atoms with van der Waals surface area (Å²) in [6.07, 6.45) is 1.19. The van der Waals surface area contributed by atoms with Gasteiger partial charge in [0.2, 0.25) is 17.7 Å². The number of phenolic OH excluding ortho intramolecular Hbond substituents is 1. The molecule has 0 aliphatic carbocycles. The molecule has 1 aromatic carbocycles. The average molecular weight is 481 g/mol. The summed E-state index contributed by atoms with van der Waals surface area (Å²) in [7, 11) is 0. The second kappa shape index (κ2) is 11.9. The van der Waals surface area contributed by atoms with Gasteiger partial charge in [0.05, 0.1) is 6.04 Å². The summed E-state index contributed by atoms with van der Waals surface area (Å²) in [4.78, 5) is 51.2. The van der Waals surface area contributed by atoms with Gasteiger partial charge in [0.25, 0.3) is 0 Å². The molecule has 3 amide bonds. The molecular formula is C22H32N4O6S. The summed E-state index contributed by atoms with van der Waals surface area (Å²) in [5.41, 5.74) is 6.74. The smallest absolute Gasteiger partial charge is 0.326 e. The maximum atomic E-state index is 13.1. The summed E-state index contributed by atoms with van der Waals surface area (Å²) in [6, 6.07) is 2.50. The first kappa shape index (κ1) is 26.5. The predicted molar refractivity (Wildman–Crippen MR) is 125 cm³/mol. The molecule has 6 N–H and O–H groups in total. The predicted octanol–water partition coefficient (Wildman–Crippen LogP) is -0.107. The number of nitrogens with two attached hydrogens (primary N) is 1. The summed E-state index contributed by atoms with van der Waals surface area (Å²) >= 11 is 4.18. The van der Waals surface area contributed by atoms with Crippen molar-refractivity contribution in [3.8, 4) is 5.75 Å². The Kier molecular flexibility index (Phi) is 9.54. The van der Waals surface area contributed by atoms with E-state index >= 15 is 0 Å². The van der Waals surface area contributed by atoms with Crippen molar-refractivity contribution in [2.24, 2.45) is 11.7 Å². The molecule has 1 aliphatic rings. The topological polar surface area (TPSA) is 162 Å². The zero-order valence-corrected chi connectivity index (χ0v) is 19.6. The van der Waals surface area contributed by atoms with Crippen molar-refractivity contribution in [2.45, 2.75) is 57.3 Å². The number of likely N-dealkylation sites (tertiary alicyclic amines) is 1. The second-order valence-corrected chi connectivity index (χ2v) is 8.84. The fourth-order valence-corrected chi connectivity index (χ4v) is 3.96. The number of hydrogen-bond donors (Lipinski definition) is 6. The lowest BCUT2D eigenvalue weighted by atomic mass is 10.0. The van der Waals surface area contributed by atoms with Crippen LogP contribution in [0.3, 0.4) is 0 Å². The maximum absolute atomic E-state index is 13.1. The van der Waals surface area contributed by atoms with E-state index in [9.17, 15) is 29.4 Å². The third-order valence-electron chi connectivity index (χ3n) is 5.59. The van der Waals surface area contributed by atoms with Crippen molar-refractivity contribution in [1.82, 2.24) is 15.5 Å². The number of aliphatic carboxylic acids is 1. The Hall–Kier alpha value is -2.79. The minimum absolute atomic E-state index is 0.00505. The number of nitrogens with zero attached hydrogens (tertiary/aromatic N) is 1. The van der Waals surface area contributed by atoms with Crippen LogP contribution in [0, 0.1) is 5.92 Å². The number of aromatic hydroxyl groups is 1. The number of carboxylic acids is 1. The van der Waals surface area contributed by atoms with Gasteiger partial charge in [-0.1, -0.05) is 26.0 Å². The van der Waals surface area contributed by atoms with Crippen molar-refractivity contribution in [3.05, 3.63) is 29.8 Å². The van der Waals surface area contributed by atoms with Crippen LogP contribution >= 0.6 is 12.6 Å². The number of carbonyl (C=O) groups excluding carboxylic acids is 3. The molecule has 4 unspecified atom stereocenters. The van der Waals surface area contributed by atoms with Crippen LogP contribution in [0.2, 0.25) is 0 Å². The molecule has 0 radical (unpaired) electrons. The standard InChI is InChI=1S/C22H32N4O6S/c1-12(2)18(22(31)32)25-20(29)17-4-3-9-26(17)21(30)16(11-33)24-19(28)15(23)10-13-5-7-14(27)8-6-13/h5-8,12,15-18,27,33H,3-4,9-11,23H2,1-2H3,(H,24,28)(H,25,29)(H,31,32). The van der Waals surface area contributed by atoms with E-state index in [1.54, 1.807) is 26.0 Å². The van der Waals surface area contributed by atoms with Gasteiger partial charge in [0.15, 0.2) is 0 Å². The molecule has 0 spiro atoms. The van der Waals surface area contributed by atoms with Crippen molar-refractivity contribution in [2.75, 3.05) is 12.3 Å². The minimum atomic E-state index is -1.14. The SMILES string of the molecule is CC(C)C(NC(=O)C1CCCN1C(=O)C(CS)NC(=O)C(N)Cc1ccc(O)cc1)C(=O)O. The molecule has 10 nitrogen and oxygen atoms in total. The van der Waals surface area contributed by atoms with Crippen LogP contribution in [-0.4, -0.2) is 75.3 Å². The van der Waals surface area contributed by atoms with Crippen molar-refractivity contribution in [3.63, 3.8) is 0 Å². The van der Waals surface area contributed by atoms with Gasteiger partial charge in [-0.3, -0.25) is 14.4 Å². The van der Waals surface area contributed by atoms with Gasteiger partial charge in [-0.2, -0.15) is 12.6 Å². The lowest BCUT2D eigenvalue weighted by Crippen LogP contribution is -2.58. The van der Waals surface area contributed by atoms with E-state index < -0.39 is 47.9 Å². The Morgan fingerprint density at radius 1 is 1.18 bits per heavy atom. The van der Waals surface area contributed by atoms with E-state index in [1.807, 2.05) is 0 Å². The van der Waals surface area contributed by atoms with Gasteiger partial charge >= 0.3 is 5.97 Å². The van der Waals surface area contributed by atoms with Crippen LogP contribution in [0.1, 0.15) is 32.3 Å². The van der Waals surface area contributed by atoms with Gasteiger partial charge in [-0.25, -0.2) is 4.79 Å². The second-order valence-electron chi connectivity index (χ2n) is 8.48. The highest BCUT2D eigenvalue weighted by molar-refractivity contribution is 7.80. The van der Waals surface area contributed by atoms with Crippen molar-refractivity contribution in [1.29, 1.82) is 0 Å². The highest BCUT2D eigenvalue weighted by Gasteiger charge is 2.39. The zero-order valence-electron chi connectivity index (χ0n) is 18.7. The summed E-state index contributed by atoms with van der Waals surface area (Å²) in [5, 5.41) is 23.8. The Morgan fingerprint density at radius 2 is 1.82 bits per heavy atom. The van der Waals surface area contributed by atoms with Gasteiger partial charge in [0, 0.05) is 12.3 Å². The molecule has 1 heterocycles. The third-order valence-corrected chi connectivity index (χ3v) is 5.96. The summed E-state index contributed by atoms with van der Waals surface area (Å²) < 4.78 is 0. The fourth-order valence-electron chi connectivity index (χ4n) is 3.71. The van der Waals surface area contributed by atoms with E-state index in [0.717, 1.165) is 5.56 Å². The molecule has 11 heteroatoms. The largest absolute Gasteiger partial charge is 0.508 e. The molecule has 2 rings (SSSR count). The quantitative estimate of drug-likeness (QED) is 0.255. The normalized spacial score (nSPS) is 18.5. The number of nitrogens with one attached hydrogen (secondary N) is 2. The van der Waals surface area contributed by atoms with Crippen LogP contribution in [0.4, 0.5) is 0 Å². The average Bonchev–Trinajstić information content (AvgIpc) is 3.26. The van der Waals surface area contributed by atoms with E-state index in [2.05, 4.69) is 23.3 Å². The Bertz CT molecular complexity index is 863. The lowest BCUT2D eigenvalue weighted by Gasteiger charge is -2.29. The molecule has 0 bridgehead atoms. The van der Waals surface area contributed by atoms with E-state index in [0.29, 0.717) is 19.4 Å². The zero-order chi connectivity index (χ0) is 24.7. The van der Waals surface area contributed by atoms with Crippen LogP contribution < -0.4 is 16.4 Å². The number of benzene rings is 1. The number of phenols is 1. The first-order valence-corrected chi connectivity index (χ1v) is 11.5. The first-order valence-electron chi connectivity index (χ1n) is 10.8. The number of hydrogen-bond acceptors (Lipinski definition) is 7.